The first-order valence-electron chi connectivity index (χ1n) is 10.4. The van der Waals surface area contributed by atoms with E-state index in [9.17, 15) is 9.59 Å². The number of furan rings is 1. The molecule has 0 aliphatic rings. The molecule has 3 heterocycles. The third-order valence-electron chi connectivity index (χ3n) is 5.08. The second kappa shape index (κ2) is 8.48. The van der Waals surface area contributed by atoms with Crippen molar-refractivity contribution in [2.24, 2.45) is 0 Å². The highest BCUT2D eigenvalue weighted by molar-refractivity contribution is 7.15. The molecule has 0 aliphatic heterocycles. The van der Waals surface area contributed by atoms with E-state index in [1.807, 2.05) is 49.4 Å². The fraction of sp³-hybridized carbons (Fsp3) is 0.120. The van der Waals surface area contributed by atoms with E-state index in [0.29, 0.717) is 39.0 Å². The van der Waals surface area contributed by atoms with E-state index in [2.05, 4.69) is 10.1 Å². The summed E-state index contributed by atoms with van der Waals surface area (Å²) in [7, 11) is 0. The van der Waals surface area contributed by atoms with Gasteiger partial charge in [-0.05, 0) is 50.2 Å². The minimum atomic E-state index is -0.247. The maximum atomic E-state index is 12.8. The standard InChI is InChI=1S/C25H19N3O4S/c1-3-31-19-10-8-18(9-11-19)23-26-25-28(27-23)24(30)22(33-25)14-20-12-13-21(32-20)17-6-4-16(5-7-17)15(2)29/h4-14H,3H2,1-2H3/b22-14-. The Bertz CT molecular complexity index is 1560. The van der Waals surface area contributed by atoms with Crippen LogP contribution in [0.5, 0.6) is 5.75 Å². The number of carbonyl (C=O) groups excluding carboxylic acids is 1. The Hall–Kier alpha value is -4.04. The van der Waals surface area contributed by atoms with Gasteiger partial charge in [-0.25, -0.2) is 0 Å². The van der Waals surface area contributed by atoms with Crippen LogP contribution in [0, 0.1) is 0 Å². The second-order valence-electron chi connectivity index (χ2n) is 7.34. The molecule has 7 nitrogen and oxygen atoms in total. The molecule has 0 amide bonds. The Kier molecular flexibility index (Phi) is 5.35. The van der Waals surface area contributed by atoms with E-state index in [1.165, 1.54) is 22.8 Å². The Morgan fingerprint density at radius 1 is 1.06 bits per heavy atom. The molecule has 5 aromatic rings. The van der Waals surface area contributed by atoms with Gasteiger partial charge in [0.1, 0.15) is 21.8 Å². The van der Waals surface area contributed by atoms with E-state index >= 15 is 0 Å². The lowest BCUT2D eigenvalue weighted by atomic mass is 10.1. The van der Waals surface area contributed by atoms with Gasteiger partial charge in [-0.2, -0.15) is 9.50 Å². The van der Waals surface area contributed by atoms with Crippen molar-refractivity contribution in [3.05, 3.63) is 86.9 Å². The molecule has 0 aliphatic carbocycles. The van der Waals surface area contributed by atoms with Crippen LogP contribution >= 0.6 is 11.3 Å². The number of nitrogens with zero attached hydrogens (tertiary/aromatic N) is 3. The summed E-state index contributed by atoms with van der Waals surface area (Å²) in [5, 5.41) is 4.38. The van der Waals surface area contributed by atoms with E-state index in [0.717, 1.165) is 16.9 Å². The molecule has 0 bridgehead atoms. The molecule has 0 saturated carbocycles. The number of ketones is 1. The second-order valence-corrected chi connectivity index (χ2v) is 8.35. The van der Waals surface area contributed by atoms with Crippen LogP contribution in [0.2, 0.25) is 0 Å². The number of carbonyl (C=O) groups is 1. The zero-order valence-corrected chi connectivity index (χ0v) is 18.8. The van der Waals surface area contributed by atoms with Crippen molar-refractivity contribution in [2.45, 2.75) is 13.8 Å². The number of rotatable bonds is 6. The van der Waals surface area contributed by atoms with Crippen LogP contribution in [0.4, 0.5) is 0 Å². The average Bonchev–Trinajstić information content (AvgIpc) is 3.52. The van der Waals surface area contributed by atoms with Crippen LogP contribution in [0.25, 0.3) is 33.7 Å². The van der Waals surface area contributed by atoms with Gasteiger partial charge in [-0.3, -0.25) is 9.59 Å². The van der Waals surface area contributed by atoms with Crippen molar-refractivity contribution in [1.82, 2.24) is 14.6 Å². The summed E-state index contributed by atoms with van der Waals surface area (Å²) in [6.45, 7) is 4.06. The number of Topliss-reactive ketones (excluding diaryl/α,β-unsaturated/α-hetero) is 1. The van der Waals surface area contributed by atoms with Crippen molar-refractivity contribution in [1.29, 1.82) is 0 Å². The van der Waals surface area contributed by atoms with Gasteiger partial charge in [0.2, 0.25) is 4.96 Å². The van der Waals surface area contributed by atoms with Gasteiger partial charge in [-0.1, -0.05) is 35.6 Å². The van der Waals surface area contributed by atoms with Crippen LogP contribution in [0.3, 0.4) is 0 Å². The molecular formula is C25H19N3O4S. The SMILES string of the molecule is CCOc1ccc(-c2nc3s/c(=C\c4ccc(-c5ccc(C(C)=O)cc5)o4)c(=O)n3n2)cc1. The zero-order chi connectivity index (χ0) is 22.9. The van der Waals surface area contributed by atoms with Crippen molar-refractivity contribution in [2.75, 3.05) is 6.61 Å². The summed E-state index contributed by atoms with van der Waals surface area (Å²) in [6.07, 6.45) is 1.69. The minimum Gasteiger partial charge on any atom is -0.494 e. The Morgan fingerprint density at radius 2 is 1.79 bits per heavy atom. The van der Waals surface area contributed by atoms with E-state index in [-0.39, 0.29) is 11.3 Å². The molecule has 0 spiro atoms. The summed E-state index contributed by atoms with van der Waals surface area (Å²) >= 11 is 1.25. The number of hydrogen-bond donors (Lipinski definition) is 0. The van der Waals surface area contributed by atoms with Gasteiger partial charge in [0, 0.05) is 22.8 Å². The van der Waals surface area contributed by atoms with Crippen LogP contribution in [0.15, 0.2) is 69.9 Å². The monoisotopic (exact) mass is 457 g/mol. The topological polar surface area (TPSA) is 86.7 Å². The van der Waals surface area contributed by atoms with Gasteiger partial charge in [0.05, 0.1) is 6.61 Å². The molecule has 164 valence electrons. The molecule has 0 unspecified atom stereocenters. The van der Waals surface area contributed by atoms with Crippen molar-refractivity contribution >= 4 is 28.2 Å². The predicted molar refractivity (Wildman–Crippen MR) is 127 cm³/mol. The molecule has 0 radical (unpaired) electrons. The number of ether oxygens (including phenoxy) is 1. The summed E-state index contributed by atoms with van der Waals surface area (Å²) in [4.78, 5) is 29.3. The Balaban J connectivity index is 1.43. The lowest BCUT2D eigenvalue weighted by Gasteiger charge is -2.02. The van der Waals surface area contributed by atoms with Gasteiger partial charge in [0.25, 0.3) is 5.56 Å². The first kappa shape index (κ1) is 20.8. The van der Waals surface area contributed by atoms with Crippen LogP contribution in [-0.4, -0.2) is 27.0 Å². The fourth-order valence-electron chi connectivity index (χ4n) is 3.41. The molecule has 0 saturated heterocycles. The van der Waals surface area contributed by atoms with Crippen molar-refractivity contribution in [3.63, 3.8) is 0 Å². The molecule has 0 N–H and O–H groups in total. The fourth-order valence-corrected chi connectivity index (χ4v) is 4.29. The zero-order valence-electron chi connectivity index (χ0n) is 17.9. The number of thiazole rings is 1. The van der Waals surface area contributed by atoms with Crippen LogP contribution in [-0.2, 0) is 0 Å². The maximum Gasteiger partial charge on any atom is 0.291 e. The van der Waals surface area contributed by atoms with Gasteiger partial charge < -0.3 is 9.15 Å². The molecule has 0 fully saturated rings. The summed E-state index contributed by atoms with van der Waals surface area (Å²) < 4.78 is 13.1. The number of hydrogen-bond acceptors (Lipinski definition) is 7. The highest BCUT2D eigenvalue weighted by Gasteiger charge is 2.13. The van der Waals surface area contributed by atoms with Crippen molar-refractivity contribution < 1.29 is 13.9 Å². The lowest BCUT2D eigenvalue weighted by Crippen LogP contribution is -2.23. The Morgan fingerprint density at radius 3 is 2.45 bits per heavy atom. The smallest absolute Gasteiger partial charge is 0.291 e. The third kappa shape index (κ3) is 4.08. The lowest BCUT2D eigenvalue weighted by molar-refractivity contribution is 0.101. The van der Waals surface area contributed by atoms with Crippen LogP contribution in [0.1, 0.15) is 30.0 Å². The highest BCUT2D eigenvalue weighted by atomic mass is 32.1. The quantitative estimate of drug-likeness (QED) is 0.355. The summed E-state index contributed by atoms with van der Waals surface area (Å²) in [5.74, 6) is 2.48. The first-order chi connectivity index (χ1) is 16.0. The number of fused-ring (bicyclic) bond motifs is 1. The van der Waals surface area contributed by atoms with Gasteiger partial charge >= 0.3 is 0 Å². The maximum absolute atomic E-state index is 12.8. The first-order valence-corrected chi connectivity index (χ1v) is 11.2. The van der Waals surface area contributed by atoms with E-state index in [4.69, 9.17) is 9.15 Å². The van der Waals surface area contributed by atoms with E-state index < -0.39 is 0 Å². The molecular weight excluding hydrogens is 438 g/mol. The van der Waals surface area contributed by atoms with Crippen LogP contribution < -0.4 is 14.8 Å². The number of benzene rings is 2. The molecule has 3 aromatic heterocycles. The Labute approximate surface area is 192 Å². The van der Waals surface area contributed by atoms with Crippen molar-refractivity contribution in [3.8, 4) is 28.5 Å². The molecule has 0 atom stereocenters. The van der Waals surface area contributed by atoms with Gasteiger partial charge in [-0.15, -0.1) is 5.10 Å². The normalized spacial score (nSPS) is 11.9. The number of aromatic nitrogens is 3. The summed E-state index contributed by atoms with van der Waals surface area (Å²) in [5.41, 5.74) is 2.06. The molecule has 5 rings (SSSR count). The average molecular weight is 458 g/mol. The van der Waals surface area contributed by atoms with Gasteiger partial charge in [0.15, 0.2) is 11.6 Å². The molecule has 8 heteroatoms. The minimum absolute atomic E-state index is 0.0139. The largest absolute Gasteiger partial charge is 0.494 e. The summed E-state index contributed by atoms with van der Waals surface area (Å²) in [6, 6.07) is 18.3. The third-order valence-corrected chi connectivity index (χ3v) is 6.04. The predicted octanol–water partition coefficient (Wildman–Crippen LogP) is 4.23. The highest BCUT2D eigenvalue weighted by Crippen LogP contribution is 2.24. The molecule has 33 heavy (non-hydrogen) atoms. The molecule has 2 aromatic carbocycles. The van der Waals surface area contributed by atoms with E-state index in [1.54, 1.807) is 24.3 Å².